The number of hydrogen-bond acceptors (Lipinski definition) is 3. The molecule has 2 aliphatic carbocycles. The van der Waals surface area contributed by atoms with Crippen molar-refractivity contribution in [2.24, 2.45) is 17.8 Å². The number of nitrogens with one attached hydrogen (secondary N) is 1. The summed E-state index contributed by atoms with van der Waals surface area (Å²) in [6.07, 6.45) is 6.60. The van der Waals surface area contributed by atoms with Crippen molar-refractivity contribution < 1.29 is 9.59 Å². The van der Waals surface area contributed by atoms with E-state index in [-0.39, 0.29) is 17.7 Å². The highest BCUT2D eigenvalue weighted by atomic mass is 35.5. The van der Waals surface area contributed by atoms with Gasteiger partial charge in [0.15, 0.2) is 5.78 Å². The van der Waals surface area contributed by atoms with Crippen molar-refractivity contribution in [1.82, 2.24) is 15.1 Å². The fourth-order valence-electron chi connectivity index (χ4n) is 4.72. The van der Waals surface area contributed by atoms with Crippen molar-refractivity contribution >= 4 is 23.3 Å². The Morgan fingerprint density at radius 3 is 2.44 bits per heavy atom. The molecular weight excluding hydrogens is 362 g/mol. The molecule has 0 bridgehead atoms. The topological polar surface area (TPSA) is 64.0 Å². The van der Waals surface area contributed by atoms with Crippen molar-refractivity contribution in [2.45, 2.75) is 45.2 Å². The van der Waals surface area contributed by atoms with E-state index in [1.54, 1.807) is 37.4 Å². The van der Waals surface area contributed by atoms with Crippen molar-refractivity contribution in [3.8, 4) is 0 Å². The molecule has 5 nitrogen and oxygen atoms in total. The van der Waals surface area contributed by atoms with E-state index in [0.717, 1.165) is 19.3 Å². The van der Waals surface area contributed by atoms with E-state index in [9.17, 15) is 9.59 Å². The first-order chi connectivity index (χ1) is 13.0. The van der Waals surface area contributed by atoms with Gasteiger partial charge in [-0.1, -0.05) is 18.5 Å². The lowest BCUT2D eigenvalue weighted by atomic mass is 9.99. The molecule has 2 unspecified atom stereocenters. The number of ketones is 1. The average Bonchev–Trinajstić information content (AvgIpc) is 3.05. The summed E-state index contributed by atoms with van der Waals surface area (Å²) in [6.45, 7) is 3.70. The number of carbonyl (C=O) groups excluding carboxylic acids is 2. The van der Waals surface area contributed by atoms with Crippen LogP contribution in [-0.2, 0) is 0 Å². The first kappa shape index (κ1) is 18.2. The molecule has 0 spiro atoms. The lowest BCUT2D eigenvalue weighted by Gasteiger charge is -2.22. The lowest BCUT2D eigenvalue weighted by molar-refractivity contribution is 0.0926. The van der Waals surface area contributed by atoms with Crippen LogP contribution in [-0.4, -0.2) is 27.5 Å². The maximum atomic E-state index is 12.5. The predicted molar refractivity (Wildman–Crippen MR) is 104 cm³/mol. The number of nitrogens with zero attached hydrogens (tertiary/aromatic N) is 2. The van der Waals surface area contributed by atoms with E-state index in [0.29, 0.717) is 39.9 Å². The number of rotatable bonds is 6. The standard InChI is InChI=1S/C21H24ClN3O2/c1-3-19(24-21(27)13-4-6-15(22)7-5-13)20-17-8-16(9-18(17)20)25-11-14(10-23-25)12(2)26/h4-7,10-11,16-20H,3,8-9H2,1-2H3,(H,24,27)/t16?,17-,18+,19-,20?/m1/s1. The molecule has 0 aliphatic heterocycles. The van der Waals surface area contributed by atoms with Crippen LogP contribution in [0.2, 0.25) is 5.02 Å². The molecule has 2 fully saturated rings. The van der Waals surface area contributed by atoms with Crippen molar-refractivity contribution in [2.75, 3.05) is 0 Å². The highest BCUT2D eigenvalue weighted by molar-refractivity contribution is 6.30. The minimum Gasteiger partial charge on any atom is -0.349 e. The highest BCUT2D eigenvalue weighted by Crippen LogP contribution is 2.62. The number of carbonyl (C=O) groups is 2. The van der Waals surface area contributed by atoms with Gasteiger partial charge in [0, 0.05) is 22.8 Å². The molecule has 6 heteroatoms. The van der Waals surface area contributed by atoms with Crippen LogP contribution in [0.4, 0.5) is 0 Å². The Morgan fingerprint density at radius 2 is 1.89 bits per heavy atom. The van der Waals surface area contributed by atoms with Crippen LogP contribution in [0, 0.1) is 17.8 Å². The third-order valence-corrected chi connectivity index (χ3v) is 6.45. The molecule has 1 heterocycles. The minimum atomic E-state index is -0.0294. The second kappa shape index (κ2) is 7.12. The number of halogens is 1. The predicted octanol–water partition coefficient (Wildman–Crippen LogP) is 4.14. The van der Waals surface area contributed by atoms with Gasteiger partial charge in [0.25, 0.3) is 5.91 Å². The van der Waals surface area contributed by atoms with Crippen LogP contribution < -0.4 is 5.32 Å². The molecule has 1 N–H and O–H groups in total. The summed E-state index contributed by atoms with van der Waals surface area (Å²) < 4.78 is 1.95. The number of Topliss-reactive ketones (excluding diaryl/α,β-unsaturated/α-hetero) is 1. The van der Waals surface area contributed by atoms with Crippen LogP contribution in [0.15, 0.2) is 36.7 Å². The summed E-state index contributed by atoms with van der Waals surface area (Å²) in [6, 6.07) is 7.58. The van der Waals surface area contributed by atoms with E-state index in [4.69, 9.17) is 11.6 Å². The number of fused-ring (bicyclic) bond motifs is 1. The van der Waals surface area contributed by atoms with Crippen LogP contribution >= 0.6 is 11.6 Å². The fraction of sp³-hybridized carbons (Fsp3) is 0.476. The van der Waals surface area contributed by atoms with Gasteiger partial charge in [-0.05, 0) is 68.2 Å². The first-order valence-electron chi connectivity index (χ1n) is 9.59. The Hall–Kier alpha value is -2.14. The maximum absolute atomic E-state index is 12.5. The molecule has 1 aromatic heterocycles. The molecule has 0 radical (unpaired) electrons. The molecule has 4 rings (SSSR count). The minimum absolute atomic E-state index is 0.0294. The Kier molecular flexibility index (Phi) is 4.81. The van der Waals surface area contributed by atoms with E-state index in [1.165, 1.54) is 0 Å². The van der Waals surface area contributed by atoms with Crippen molar-refractivity contribution in [3.05, 3.63) is 52.8 Å². The van der Waals surface area contributed by atoms with Gasteiger partial charge in [-0.3, -0.25) is 14.3 Å². The van der Waals surface area contributed by atoms with Gasteiger partial charge in [-0.15, -0.1) is 0 Å². The summed E-state index contributed by atoms with van der Waals surface area (Å²) in [5, 5.41) is 8.22. The van der Waals surface area contributed by atoms with Gasteiger partial charge in [0.05, 0.1) is 17.8 Å². The van der Waals surface area contributed by atoms with Gasteiger partial charge in [0.2, 0.25) is 0 Å². The molecule has 2 saturated carbocycles. The molecule has 2 aliphatic rings. The normalized spacial score (nSPS) is 27.1. The Morgan fingerprint density at radius 1 is 1.22 bits per heavy atom. The van der Waals surface area contributed by atoms with Crippen LogP contribution in [0.1, 0.15) is 59.9 Å². The van der Waals surface area contributed by atoms with Crippen molar-refractivity contribution in [3.63, 3.8) is 0 Å². The third-order valence-electron chi connectivity index (χ3n) is 6.20. The quantitative estimate of drug-likeness (QED) is 0.760. The number of aromatic nitrogens is 2. The second-order valence-corrected chi connectivity index (χ2v) is 8.23. The van der Waals surface area contributed by atoms with E-state index in [2.05, 4.69) is 17.3 Å². The Labute approximate surface area is 164 Å². The van der Waals surface area contributed by atoms with Gasteiger partial charge in [0.1, 0.15) is 0 Å². The maximum Gasteiger partial charge on any atom is 0.251 e. The van der Waals surface area contributed by atoms with Gasteiger partial charge in [-0.2, -0.15) is 5.10 Å². The average molecular weight is 386 g/mol. The number of hydrogen-bond donors (Lipinski definition) is 1. The molecule has 142 valence electrons. The zero-order chi connectivity index (χ0) is 19.1. The Bertz CT molecular complexity index is 849. The molecule has 1 aromatic carbocycles. The van der Waals surface area contributed by atoms with Gasteiger partial charge >= 0.3 is 0 Å². The first-order valence-corrected chi connectivity index (χ1v) is 9.97. The van der Waals surface area contributed by atoms with Crippen LogP contribution in [0.25, 0.3) is 0 Å². The highest BCUT2D eigenvalue weighted by Gasteiger charge is 2.59. The Balaban J connectivity index is 1.36. The van der Waals surface area contributed by atoms with E-state index in [1.807, 2.05) is 10.9 Å². The molecule has 0 saturated heterocycles. The van der Waals surface area contributed by atoms with Crippen LogP contribution in [0.5, 0.6) is 0 Å². The molecular formula is C21H24ClN3O2. The SMILES string of the molecule is CC[C@@H](NC(=O)c1ccc(Cl)cc1)C1[C@H]2CC(n3cc(C(C)=O)cn3)C[C@@H]12. The van der Waals surface area contributed by atoms with E-state index >= 15 is 0 Å². The largest absolute Gasteiger partial charge is 0.349 e. The third kappa shape index (κ3) is 3.53. The molecule has 27 heavy (non-hydrogen) atoms. The van der Waals surface area contributed by atoms with Crippen molar-refractivity contribution in [1.29, 1.82) is 0 Å². The van der Waals surface area contributed by atoms with Crippen LogP contribution in [0.3, 0.4) is 0 Å². The summed E-state index contributed by atoms with van der Waals surface area (Å²) >= 11 is 5.90. The fourth-order valence-corrected chi connectivity index (χ4v) is 4.84. The summed E-state index contributed by atoms with van der Waals surface area (Å²) in [5.74, 6) is 1.84. The smallest absolute Gasteiger partial charge is 0.251 e. The monoisotopic (exact) mass is 385 g/mol. The number of amides is 1. The lowest BCUT2D eigenvalue weighted by Crippen LogP contribution is -2.37. The molecule has 5 atom stereocenters. The summed E-state index contributed by atoms with van der Waals surface area (Å²) in [5.41, 5.74) is 1.32. The zero-order valence-electron chi connectivity index (χ0n) is 15.6. The van der Waals surface area contributed by atoms with Gasteiger partial charge < -0.3 is 5.32 Å². The summed E-state index contributed by atoms with van der Waals surface area (Å²) in [4.78, 5) is 24.0. The zero-order valence-corrected chi connectivity index (χ0v) is 16.3. The second-order valence-electron chi connectivity index (χ2n) is 7.79. The molecule has 2 aromatic rings. The van der Waals surface area contributed by atoms with E-state index < -0.39 is 0 Å². The summed E-state index contributed by atoms with van der Waals surface area (Å²) in [7, 11) is 0. The molecule has 1 amide bonds. The number of benzene rings is 1. The van der Waals surface area contributed by atoms with Gasteiger partial charge in [-0.25, -0.2) is 0 Å².